The molecule has 2 rings (SSSR count). The first kappa shape index (κ1) is 14.0. The van der Waals surface area contributed by atoms with E-state index in [-0.39, 0.29) is 24.7 Å². The van der Waals surface area contributed by atoms with Crippen LogP contribution in [0.2, 0.25) is 0 Å². The standard InChI is InChI=1S/C14H21N3O2/c1-11(13-4-2-3-7-16-13)17-14(18)10-19-12-5-8-15-9-6-12/h2-4,7,11-12,15H,5-6,8-10H2,1H3,(H,17,18). The summed E-state index contributed by atoms with van der Waals surface area (Å²) in [6.45, 7) is 3.99. The van der Waals surface area contributed by atoms with Gasteiger partial charge in [-0.3, -0.25) is 9.78 Å². The number of piperidine rings is 1. The van der Waals surface area contributed by atoms with E-state index in [0.717, 1.165) is 31.6 Å². The number of ether oxygens (including phenoxy) is 1. The molecule has 1 fully saturated rings. The second-order valence-corrected chi connectivity index (χ2v) is 4.80. The molecule has 0 aliphatic carbocycles. The summed E-state index contributed by atoms with van der Waals surface area (Å²) in [7, 11) is 0. The Balaban J connectivity index is 1.71. The van der Waals surface area contributed by atoms with Crippen molar-refractivity contribution < 1.29 is 9.53 Å². The van der Waals surface area contributed by atoms with Gasteiger partial charge in [0.25, 0.3) is 0 Å². The maximum atomic E-state index is 11.8. The number of amides is 1. The summed E-state index contributed by atoms with van der Waals surface area (Å²) in [5.41, 5.74) is 0.859. The van der Waals surface area contributed by atoms with Crippen LogP contribution in [0.1, 0.15) is 31.5 Å². The van der Waals surface area contributed by atoms with Gasteiger partial charge in [-0.1, -0.05) is 6.07 Å². The molecule has 2 N–H and O–H groups in total. The van der Waals surface area contributed by atoms with E-state index in [2.05, 4.69) is 15.6 Å². The minimum atomic E-state index is -0.0923. The fourth-order valence-electron chi connectivity index (χ4n) is 2.14. The lowest BCUT2D eigenvalue weighted by molar-refractivity contribution is -0.128. The highest BCUT2D eigenvalue weighted by atomic mass is 16.5. The van der Waals surface area contributed by atoms with Crippen LogP contribution in [0.25, 0.3) is 0 Å². The van der Waals surface area contributed by atoms with Crippen molar-refractivity contribution >= 4 is 5.91 Å². The molecule has 0 bridgehead atoms. The Morgan fingerprint density at radius 2 is 2.32 bits per heavy atom. The molecule has 1 aromatic rings. The van der Waals surface area contributed by atoms with Gasteiger partial charge in [-0.2, -0.15) is 0 Å². The molecule has 1 amide bonds. The average molecular weight is 263 g/mol. The normalized spacial score (nSPS) is 17.9. The van der Waals surface area contributed by atoms with Gasteiger partial charge < -0.3 is 15.4 Å². The Labute approximate surface area is 113 Å². The predicted octanol–water partition coefficient (Wildman–Crippen LogP) is 1.03. The average Bonchev–Trinajstić information content (AvgIpc) is 2.47. The van der Waals surface area contributed by atoms with E-state index in [9.17, 15) is 4.79 Å². The number of carbonyl (C=O) groups is 1. The molecule has 2 heterocycles. The van der Waals surface area contributed by atoms with Gasteiger partial charge in [0.1, 0.15) is 6.61 Å². The molecule has 0 aromatic carbocycles. The minimum absolute atomic E-state index is 0.0864. The highest BCUT2D eigenvalue weighted by molar-refractivity contribution is 5.77. The zero-order valence-electron chi connectivity index (χ0n) is 11.3. The van der Waals surface area contributed by atoms with E-state index in [1.807, 2.05) is 25.1 Å². The Morgan fingerprint density at radius 1 is 1.53 bits per heavy atom. The molecule has 1 unspecified atom stereocenters. The fraction of sp³-hybridized carbons (Fsp3) is 0.571. The Bertz CT molecular complexity index is 391. The number of nitrogens with one attached hydrogen (secondary N) is 2. The zero-order chi connectivity index (χ0) is 13.5. The van der Waals surface area contributed by atoms with Crippen LogP contribution in [0.15, 0.2) is 24.4 Å². The van der Waals surface area contributed by atoms with Crippen molar-refractivity contribution in [2.45, 2.75) is 31.9 Å². The van der Waals surface area contributed by atoms with Gasteiger partial charge in [0.2, 0.25) is 5.91 Å². The summed E-state index contributed by atoms with van der Waals surface area (Å²) in [6, 6.07) is 5.58. The van der Waals surface area contributed by atoms with Crippen LogP contribution < -0.4 is 10.6 Å². The van der Waals surface area contributed by atoms with Crippen molar-refractivity contribution in [3.63, 3.8) is 0 Å². The summed E-state index contributed by atoms with van der Waals surface area (Å²) >= 11 is 0. The van der Waals surface area contributed by atoms with E-state index in [0.29, 0.717) is 0 Å². The molecular weight excluding hydrogens is 242 g/mol. The zero-order valence-corrected chi connectivity index (χ0v) is 11.3. The molecule has 1 aliphatic heterocycles. The molecule has 1 atom stereocenters. The monoisotopic (exact) mass is 263 g/mol. The second-order valence-electron chi connectivity index (χ2n) is 4.80. The lowest BCUT2D eigenvalue weighted by atomic mass is 10.1. The van der Waals surface area contributed by atoms with Crippen LogP contribution in [-0.4, -0.2) is 36.7 Å². The molecule has 104 valence electrons. The summed E-state index contributed by atoms with van der Waals surface area (Å²) in [5.74, 6) is -0.0864. The molecule has 0 spiro atoms. The van der Waals surface area contributed by atoms with Gasteiger partial charge >= 0.3 is 0 Å². The topological polar surface area (TPSA) is 63.2 Å². The molecule has 1 saturated heterocycles. The number of nitrogens with zero attached hydrogens (tertiary/aromatic N) is 1. The van der Waals surface area contributed by atoms with Crippen LogP contribution in [0.5, 0.6) is 0 Å². The number of carbonyl (C=O) groups excluding carboxylic acids is 1. The van der Waals surface area contributed by atoms with E-state index in [1.54, 1.807) is 6.20 Å². The van der Waals surface area contributed by atoms with E-state index >= 15 is 0 Å². The highest BCUT2D eigenvalue weighted by Gasteiger charge is 2.16. The lowest BCUT2D eigenvalue weighted by Crippen LogP contribution is -2.36. The van der Waals surface area contributed by atoms with Gasteiger partial charge in [-0.25, -0.2) is 0 Å². The van der Waals surface area contributed by atoms with Crippen molar-refractivity contribution in [3.05, 3.63) is 30.1 Å². The van der Waals surface area contributed by atoms with Crippen LogP contribution in [0, 0.1) is 0 Å². The SMILES string of the molecule is CC(NC(=O)COC1CCNCC1)c1ccccn1. The molecule has 1 aromatic heterocycles. The quantitative estimate of drug-likeness (QED) is 0.833. The Kier molecular flexibility index (Phi) is 5.30. The maximum Gasteiger partial charge on any atom is 0.246 e. The van der Waals surface area contributed by atoms with Gasteiger partial charge in [0.05, 0.1) is 17.8 Å². The largest absolute Gasteiger partial charge is 0.368 e. The van der Waals surface area contributed by atoms with Crippen LogP contribution in [0.3, 0.4) is 0 Å². The first-order chi connectivity index (χ1) is 9.25. The van der Waals surface area contributed by atoms with Gasteiger partial charge in [-0.05, 0) is 45.0 Å². The molecular formula is C14H21N3O2. The Hall–Kier alpha value is -1.46. The number of rotatable bonds is 5. The number of pyridine rings is 1. The summed E-state index contributed by atoms with van der Waals surface area (Å²) < 4.78 is 5.61. The minimum Gasteiger partial charge on any atom is -0.368 e. The van der Waals surface area contributed by atoms with Crippen molar-refractivity contribution in [1.82, 2.24) is 15.6 Å². The molecule has 1 aliphatic rings. The molecule has 0 saturated carbocycles. The third-order valence-electron chi connectivity index (χ3n) is 3.25. The smallest absolute Gasteiger partial charge is 0.246 e. The third kappa shape index (κ3) is 4.61. The van der Waals surface area contributed by atoms with Crippen LogP contribution >= 0.6 is 0 Å². The van der Waals surface area contributed by atoms with E-state index in [4.69, 9.17) is 4.74 Å². The summed E-state index contributed by atoms with van der Waals surface area (Å²) in [4.78, 5) is 16.0. The van der Waals surface area contributed by atoms with Crippen molar-refractivity contribution in [2.75, 3.05) is 19.7 Å². The second kappa shape index (κ2) is 7.21. The summed E-state index contributed by atoms with van der Waals surface area (Å²) in [5, 5.41) is 6.16. The van der Waals surface area contributed by atoms with Gasteiger partial charge in [-0.15, -0.1) is 0 Å². The van der Waals surface area contributed by atoms with Crippen LogP contribution in [0.4, 0.5) is 0 Å². The molecule has 0 radical (unpaired) electrons. The number of hydrogen-bond acceptors (Lipinski definition) is 4. The third-order valence-corrected chi connectivity index (χ3v) is 3.25. The number of aromatic nitrogens is 1. The predicted molar refractivity (Wildman–Crippen MR) is 72.6 cm³/mol. The highest BCUT2D eigenvalue weighted by Crippen LogP contribution is 2.09. The Morgan fingerprint density at radius 3 is 3.00 bits per heavy atom. The van der Waals surface area contributed by atoms with Crippen molar-refractivity contribution in [2.24, 2.45) is 0 Å². The van der Waals surface area contributed by atoms with E-state index in [1.165, 1.54) is 0 Å². The number of hydrogen-bond donors (Lipinski definition) is 2. The molecule has 5 heteroatoms. The molecule has 19 heavy (non-hydrogen) atoms. The van der Waals surface area contributed by atoms with Gasteiger partial charge in [0.15, 0.2) is 0 Å². The first-order valence-corrected chi connectivity index (χ1v) is 6.78. The van der Waals surface area contributed by atoms with Crippen molar-refractivity contribution in [3.8, 4) is 0 Å². The first-order valence-electron chi connectivity index (χ1n) is 6.78. The van der Waals surface area contributed by atoms with E-state index < -0.39 is 0 Å². The molecule has 5 nitrogen and oxygen atoms in total. The maximum absolute atomic E-state index is 11.8. The lowest BCUT2D eigenvalue weighted by Gasteiger charge is -2.23. The van der Waals surface area contributed by atoms with Crippen molar-refractivity contribution in [1.29, 1.82) is 0 Å². The van der Waals surface area contributed by atoms with Gasteiger partial charge in [0, 0.05) is 6.20 Å². The fourth-order valence-corrected chi connectivity index (χ4v) is 2.14. The van der Waals surface area contributed by atoms with Crippen LogP contribution in [-0.2, 0) is 9.53 Å². The summed E-state index contributed by atoms with van der Waals surface area (Å²) in [6.07, 6.45) is 3.88.